The summed E-state index contributed by atoms with van der Waals surface area (Å²) >= 11 is 0. The molecule has 4 aromatic heterocycles. The first-order valence-electron chi connectivity index (χ1n) is 26.3. The molecule has 0 unspecified atom stereocenters. The number of aryl methyl sites for hydroxylation is 16. The Hall–Kier alpha value is -7.57. The lowest BCUT2D eigenvalue weighted by Gasteiger charge is -2.24. The topological polar surface area (TPSA) is 61.4 Å². The first-order chi connectivity index (χ1) is 35.3. The summed E-state index contributed by atoms with van der Waals surface area (Å²) < 4.78 is 4.84. The van der Waals surface area contributed by atoms with E-state index in [4.69, 9.17) is 19.9 Å². The lowest BCUT2D eigenvalue weighted by atomic mass is 9.37. The van der Waals surface area contributed by atoms with Gasteiger partial charge in [0.15, 0.2) is 0 Å². The molecule has 0 radical (unpaired) electrons. The van der Waals surface area contributed by atoms with Crippen LogP contribution >= 0.6 is 0 Å². The predicted molar refractivity (Wildman–Crippen MR) is 317 cm³/mol. The highest BCUT2D eigenvalue weighted by atomic mass is 15.1. The fourth-order valence-corrected chi connectivity index (χ4v) is 13.7. The molecule has 4 heterocycles. The van der Waals surface area contributed by atoms with Gasteiger partial charge < -0.3 is 9.13 Å². The van der Waals surface area contributed by atoms with Crippen LogP contribution in [0.3, 0.4) is 0 Å². The first-order valence-corrected chi connectivity index (χ1v) is 26.3. The molecule has 366 valence electrons. The van der Waals surface area contributed by atoms with Crippen LogP contribution in [0.2, 0.25) is 0 Å². The third-order valence-electron chi connectivity index (χ3n) is 16.0. The Morgan fingerprint density at radius 3 is 0.811 bits per heavy atom. The summed E-state index contributed by atoms with van der Waals surface area (Å²) in [4.78, 5) is 22.4. The van der Waals surface area contributed by atoms with E-state index < -0.39 is 0 Å². The summed E-state index contributed by atoms with van der Waals surface area (Å²) in [6.07, 6.45) is 0. The number of benzene rings is 7. The number of hydrogen-bond donors (Lipinski definition) is 0. The molecule has 0 amide bonds. The van der Waals surface area contributed by atoms with Gasteiger partial charge in [-0.1, -0.05) is 174 Å². The van der Waals surface area contributed by atoms with Crippen LogP contribution in [0.25, 0.3) is 55.0 Å². The van der Waals surface area contributed by atoms with Gasteiger partial charge >= 0.3 is 0 Å². The van der Waals surface area contributed by atoms with E-state index in [2.05, 4.69) is 229 Å². The van der Waals surface area contributed by atoms with Gasteiger partial charge in [-0.05, 0) is 135 Å². The van der Waals surface area contributed by atoms with Crippen LogP contribution in [0, 0.1) is 111 Å². The average Bonchev–Trinajstić information content (AvgIpc) is 3.79. The number of nitrogens with zero attached hydrogens (tertiary/aromatic N) is 6. The normalized spacial score (nSPS) is 11.8. The number of fused-ring (bicyclic) bond motifs is 6. The van der Waals surface area contributed by atoms with Gasteiger partial charge in [0, 0.05) is 21.5 Å². The minimum absolute atomic E-state index is 0.138. The van der Waals surface area contributed by atoms with Crippen LogP contribution in [0.4, 0.5) is 0 Å². The van der Waals surface area contributed by atoms with E-state index in [1.807, 2.05) is 0 Å². The van der Waals surface area contributed by atoms with Crippen LogP contribution < -0.4 is 33.3 Å². The van der Waals surface area contributed by atoms with Crippen molar-refractivity contribution in [3.63, 3.8) is 0 Å². The lowest BCUT2D eigenvalue weighted by molar-refractivity contribution is 1.00. The molecular formula is C66H66B2N6. The highest BCUT2D eigenvalue weighted by molar-refractivity contribution is 6.96. The minimum Gasteiger partial charge on any atom is -0.306 e. The molecule has 0 fully saturated rings. The third kappa shape index (κ3) is 7.79. The maximum absolute atomic E-state index is 5.59. The van der Waals surface area contributed by atoms with Crippen molar-refractivity contribution in [2.24, 2.45) is 0 Å². The molecule has 11 aromatic rings. The molecule has 0 atom stereocenters. The Kier molecular flexibility index (Phi) is 11.9. The summed E-state index contributed by atoms with van der Waals surface area (Å²) in [5.41, 5.74) is 32.1. The highest BCUT2D eigenvalue weighted by Gasteiger charge is 2.35. The van der Waals surface area contributed by atoms with E-state index in [1.54, 1.807) is 0 Å². The van der Waals surface area contributed by atoms with Crippen molar-refractivity contribution in [2.45, 2.75) is 111 Å². The van der Waals surface area contributed by atoms with E-state index in [9.17, 15) is 0 Å². The highest BCUT2D eigenvalue weighted by Crippen LogP contribution is 2.41. The third-order valence-corrected chi connectivity index (χ3v) is 16.0. The second kappa shape index (κ2) is 18.1. The second-order valence-electron chi connectivity index (χ2n) is 21.9. The van der Waals surface area contributed by atoms with E-state index in [1.165, 1.54) is 110 Å². The van der Waals surface area contributed by atoms with E-state index in [-0.39, 0.29) is 13.4 Å². The van der Waals surface area contributed by atoms with Crippen LogP contribution in [0.15, 0.2) is 109 Å². The quantitative estimate of drug-likeness (QED) is 0.142. The number of rotatable bonds is 8. The van der Waals surface area contributed by atoms with E-state index >= 15 is 0 Å². The van der Waals surface area contributed by atoms with Gasteiger partial charge in [0.25, 0.3) is 13.4 Å². The maximum Gasteiger partial charge on any atom is 0.291 e. The van der Waals surface area contributed by atoms with Crippen LogP contribution in [0.5, 0.6) is 0 Å². The molecule has 0 spiro atoms. The van der Waals surface area contributed by atoms with Gasteiger partial charge in [0.05, 0.1) is 67.7 Å². The van der Waals surface area contributed by atoms with E-state index in [0.29, 0.717) is 0 Å². The standard InChI is InChI=1S/C66H66B2N6/c1-35-25-39(5)59(40(6)26-35)67(60-41(7)27-36(2)28-42(60)8)65-69-47(13)63(48(14)70-65)73-55-23-19-17-21-51(55)53-33-54-52-22-18-20-24-56(52)74(58(54)34-57(53)73)64-49(15)71-66(72-50(64)16)68(61-43(9)29-37(3)30-44(61)10)62-45(11)31-38(4)32-46(62)12/h17-34H,1-16H3. The number of para-hydroxylation sites is 2. The zero-order valence-corrected chi connectivity index (χ0v) is 46.2. The fourth-order valence-electron chi connectivity index (χ4n) is 13.7. The largest absolute Gasteiger partial charge is 0.306 e. The summed E-state index contributed by atoms with van der Waals surface area (Å²) in [6, 6.07) is 40.8. The number of aromatic nitrogens is 6. The Balaban J connectivity index is 1.15. The summed E-state index contributed by atoms with van der Waals surface area (Å²) in [6.45, 7) is 35.1. The van der Waals surface area contributed by atoms with E-state index in [0.717, 1.165) is 67.7 Å². The fraction of sp³-hybridized carbons (Fsp3) is 0.242. The van der Waals surface area contributed by atoms with Crippen LogP contribution in [0.1, 0.15) is 89.5 Å². The van der Waals surface area contributed by atoms with Crippen molar-refractivity contribution < 1.29 is 0 Å². The molecule has 7 aromatic carbocycles. The van der Waals surface area contributed by atoms with Crippen molar-refractivity contribution in [2.75, 3.05) is 0 Å². The Bertz CT molecular complexity index is 3650. The van der Waals surface area contributed by atoms with Crippen molar-refractivity contribution in [1.82, 2.24) is 29.1 Å². The zero-order valence-electron chi connectivity index (χ0n) is 46.2. The van der Waals surface area contributed by atoms with Crippen LogP contribution in [-0.4, -0.2) is 42.5 Å². The number of hydrogen-bond acceptors (Lipinski definition) is 4. The second-order valence-corrected chi connectivity index (χ2v) is 21.9. The van der Waals surface area contributed by atoms with Crippen molar-refractivity contribution in [1.29, 1.82) is 0 Å². The molecular weight excluding hydrogens is 898 g/mol. The molecule has 0 aliphatic carbocycles. The molecule has 0 aliphatic heterocycles. The zero-order chi connectivity index (χ0) is 52.3. The summed E-state index contributed by atoms with van der Waals surface area (Å²) in [5, 5.41) is 4.75. The van der Waals surface area contributed by atoms with Gasteiger partial charge in [-0.15, -0.1) is 0 Å². The SMILES string of the molecule is Cc1cc(C)c(B(c2nc(C)c(-n3c4ccccc4c4cc5c6ccccc6n(-c6c(C)nc(B(c7c(C)cc(C)cc7C)c7c(C)cc(C)cc7C)nc6C)c5cc43)c(C)n2)c2c(C)cc(C)cc2C)c(C)c1. The molecule has 0 N–H and O–H groups in total. The molecule has 0 saturated heterocycles. The molecule has 0 bridgehead atoms. The first kappa shape index (κ1) is 48.7. The lowest BCUT2D eigenvalue weighted by Crippen LogP contribution is -2.58. The molecule has 0 saturated carbocycles. The van der Waals surface area contributed by atoms with Crippen molar-refractivity contribution >= 4 is 90.3 Å². The van der Waals surface area contributed by atoms with Crippen molar-refractivity contribution in [3.8, 4) is 11.4 Å². The van der Waals surface area contributed by atoms with Gasteiger partial charge in [-0.3, -0.25) is 0 Å². The minimum atomic E-state index is -0.138. The summed E-state index contributed by atoms with van der Waals surface area (Å²) in [5.74, 6) is 0. The molecule has 6 nitrogen and oxygen atoms in total. The molecule has 74 heavy (non-hydrogen) atoms. The van der Waals surface area contributed by atoms with Gasteiger partial charge in [0.1, 0.15) is 0 Å². The molecule has 0 aliphatic rings. The Morgan fingerprint density at radius 2 is 0.541 bits per heavy atom. The molecule has 11 rings (SSSR count). The van der Waals surface area contributed by atoms with Crippen LogP contribution in [-0.2, 0) is 0 Å². The smallest absolute Gasteiger partial charge is 0.291 e. The Labute approximate surface area is 438 Å². The molecule has 8 heteroatoms. The summed E-state index contributed by atoms with van der Waals surface area (Å²) in [7, 11) is 0. The predicted octanol–water partition coefficient (Wildman–Crippen LogP) is 11.4. The van der Waals surface area contributed by atoms with Gasteiger partial charge in [-0.2, -0.15) is 0 Å². The van der Waals surface area contributed by atoms with Crippen molar-refractivity contribution in [3.05, 3.63) is 199 Å². The van der Waals surface area contributed by atoms with Gasteiger partial charge in [0.2, 0.25) is 0 Å². The maximum atomic E-state index is 5.59. The average molecular weight is 965 g/mol. The monoisotopic (exact) mass is 965 g/mol. The van der Waals surface area contributed by atoms with Gasteiger partial charge in [-0.25, -0.2) is 19.9 Å². The Morgan fingerprint density at radius 1 is 0.284 bits per heavy atom.